The topological polar surface area (TPSA) is 68.4 Å². The Bertz CT molecular complexity index is 904. The summed E-state index contributed by atoms with van der Waals surface area (Å²) in [7, 11) is 2.00. The average molecular weight is 484 g/mol. The molecule has 2 saturated heterocycles. The minimum Gasteiger partial charge on any atom is -0.363 e. The lowest BCUT2D eigenvalue weighted by Gasteiger charge is -2.47. The van der Waals surface area contributed by atoms with Gasteiger partial charge in [-0.05, 0) is 37.3 Å². The molecule has 7 heteroatoms. The summed E-state index contributed by atoms with van der Waals surface area (Å²) in [4.78, 5) is 18.1. The third-order valence-electron chi connectivity index (χ3n) is 8.82. The first-order valence-corrected chi connectivity index (χ1v) is 14.1. The van der Waals surface area contributed by atoms with Gasteiger partial charge in [-0.15, -0.1) is 0 Å². The van der Waals surface area contributed by atoms with Gasteiger partial charge in [0, 0.05) is 54.8 Å². The standard InChI is InChI=1S/C27H41N5OS/c1-4-18(5-2)23-13-20(19-9-7-6-8-10-19)11-12-32(23)25(33)21-14-29-16-27(21)17-30-15-22-24(27)34-26(28-3)31-22/h6-10,18,20-21,23,26,28-31H,4-5,11-17H2,1-3H3/t20-,21+,23+,26?,27+/m1/s1. The summed E-state index contributed by atoms with van der Waals surface area (Å²) in [5.41, 5.74) is 2.75. The molecule has 0 aliphatic carbocycles. The summed E-state index contributed by atoms with van der Waals surface area (Å²) in [6.07, 6.45) is 4.39. The number of benzene rings is 1. The number of fused-ring (bicyclic) bond motifs is 1. The van der Waals surface area contributed by atoms with Crippen LogP contribution in [0, 0.1) is 17.3 Å². The van der Waals surface area contributed by atoms with Crippen LogP contribution in [0.15, 0.2) is 40.9 Å². The van der Waals surface area contributed by atoms with Crippen LogP contribution in [0.4, 0.5) is 0 Å². The molecular formula is C27H41N5OS. The van der Waals surface area contributed by atoms with E-state index in [-0.39, 0.29) is 16.8 Å². The number of amides is 1. The van der Waals surface area contributed by atoms with Crippen molar-refractivity contribution >= 4 is 17.7 Å². The van der Waals surface area contributed by atoms with Gasteiger partial charge in [-0.1, -0.05) is 68.8 Å². The maximum absolute atomic E-state index is 14.4. The highest BCUT2D eigenvalue weighted by Crippen LogP contribution is 2.51. The van der Waals surface area contributed by atoms with E-state index < -0.39 is 0 Å². The van der Waals surface area contributed by atoms with Gasteiger partial charge in [-0.25, -0.2) is 0 Å². The monoisotopic (exact) mass is 483 g/mol. The van der Waals surface area contributed by atoms with Gasteiger partial charge in [0.25, 0.3) is 0 Å². The number of hydrogen-bond acceptors (Lipinski definition) is 6. The number of carbonyl (C=O) groups excluding carboxylic acids is 1. The number of carbonyl (C=O) groups is 1. The molecule has 6 nitrogen and oxygen atoms in total. The Morgan fingerprint density at radius 3 is 2.71 bits per heavy atom. The van der Waals surface area contributed by atoms with Gasteiger partial charge in [0.15, 0.2) is 0 Å². The fourth-order valence-electron chi connectivity index (χ4n) is 6.90. The summed E-state index contributed by atoms with van der Waals surface area (Å²) in [5, 5.41) is 14.2. The predicted octanol–water partition coefficient (Wildman–Crippen LogP) is 3.06. The molecule has 5 atom stereocenters. The van der Waals surface area contributed by atoms with Crippen LogP contribution in [0.5, 0.6) is 0 Å². The molecule has 4 aliphatic rings. The summed E-state index contributed by atoms with van der Waals surface area (Å²) < 4.78 is 0. The van der Waals surface area contributed by atoms with Crippen LogP contribution in [0.2, 0.25) is 0 Å². The molecule has 0 bridgehead atoms. The highest BCUT2D eigenvalue weighted by molar-refractivity contribution is 8.03. The molecule has 1 amide bonds. The molecule has 4 N–H and O–H groups in total. The Labute approximate surface area is 209 Å². The van der Waals surface area contributed by atoms with Crippen LogP contribution in [0.25, 0.3) is 0 Å². The van der Waals surface area contributed by atoms with Crippen molar-refractivity contribution in [3.05, 3.63) is 46.5 Å². The summed E-state index contributed by atoms with van der Waals surface area (Å²) in [5.74, 6) is 1.46. The Balaban J connectivity index is 1.41. The number of nitrogens with zero attached hydrogens (tertiary/aromatic N) is 1. The van der Waals surface area contributed by atoms with Crippen LogP contribution < -0.4 is 21.3 Å². The second-order valence-corrected chi connectivity index (χ2v) is 11.6. The Morgan fingerprint density at radius 2 is 1.97 bits per heavy atom. The molecule has 4 aliphatic heterocycles. The minimum atomic E-state index is -0.150. The Kier molecular flexibility index (Phi) is 7.26. The Morgan fingerprint density at radius 1 is 1.21 bits per heavy atom. The fraction of sp³-hybridized carbons (Fsp3) is 0.667. The molecule has 2 fully saturated rings. The lowest BCUT2D eigenvalue weighted by Crippen LogP contribution is -2.56. The third-order valence-corrected chi connectivity index (χ3v) is 10.3. The van der Waals surface area contributed by atoms with Crippen LogP contribution in [0.3, 0.4) is 0 Å². The second kappa shape index (κ2) is 10.2. The van der Waals surface area contributed by atoms with Crippen LogP contribution in [-0.4, -0.2) is 62.1 Å². The third kappa shape index (κ3) is 4.19. The lowest BCUT2D eigenvalue weighted by atomic mass is 9.73. The summed E-state index contributed by atoms with van der Waals surface area (Å²) >= 11 is 1.88. The molecule has 4 heterocycles. The molecule has 0 saturated carbocycles. The van der Waals surface area contributed by atoms with E-state index >= 15 is 0 Å². The van der Waals surface area contributed by atoms with Crippen LogP contribution >= 0.6 is 11.8 Å². The van der Waals surface area contributed by atoms with Crippen molar-refractivity contribution < 1.29 is 4.79 Å². The number of hydrogen-bond donors (Lipinski definition) is 4. The van der Waals surface area contributed by atoms with E-state index in [4.69, 9.17) is 0 Å². The van der Waals surface area contributed by atoms with Gasteiger partial charge in [0.05, 0.1) is 5.92 Å². The number of piperidine rings is 1. The zero-order valence-corrected chi connectivity index (χ0v) is 21.7. The second-order valence-electron chi connectivity index (χ2n) is 10.5. The maximum Gasteiger partial charge on any atom is 0.228 e. The zero-order valence-electron chi connectivity index (χ0n) is 20.9. The van der Waals surface area contributed by atoms with E-state index in [0.29, 0.717) is 23.8 Å². The number of nitrogens with one attached hydrogen (secondary N) is 4. The van der Waals surface area contributed by atoms with E-state index in [1.165, 1.54) is 16.2 Å². The number of likely N-dealkylation sites (tertiary alicyclic amines) is 1. The highest BCUT2D eigenvalue weighted by atomic mass is 32.2. The molecule has 1 spiro atoms. The van der Waals surface area contributed by atoms with Gasteiger partial charge >= 0.3 is 0 Å². The first-order valence-electron chi connectivity index (χ1n) is 13.2. The van der Waals surface area contributed by atoms with E-state index in [0.717, 1.165) is 58.4 Å². The van der Waals surface area contributed by atoms with Crippen molar-refractivity contribution in [1.82, 2.24) is 26.2 Å². The van der Waals surface area contributed by atoms with Gasteiger partial charge in [-0.2, -0.15) is 0 Å². The smallest absolute Gasteiger partial charge is 0.228 e. The number of thioether (sulfide) groups is 1. The summed E-state index contributed by atoms with van der Waals surface area (Å²) in [6, 6.07) is 11.3. The summed E-state index contributed by atoms with van der Waals surface area (Å²) in [6.45, 7) is 8.84. The van der Waals surface area contributed by atoms with Gasteiger partial charge in [0.1, 0.15) is 5.50 Å². The molecule has 1 aromatic carbocycles. The van der Waals surface area contributed by atoms with Crippen LogP contribution in [0.1, 0.15) is 51.0 Å². The maximum atomic E-state index is 14.4. The molecule has 0 radical (unpaired) electrons. The lowest BCUT2D eigenvalue weighted by molar-refractivity contribution is -0.143. The quantitative estimate of drug-likeness (QED) is 0.499. The molecule has 0 aromatic heterocycles. The van der Waals surface area contributed by atoms with Crippen LogP contribution in [-0.2, 0) is 4.79 Å². The molecule has 186 valence electrons. The first kappa shape index (κ1) is 24.2. The molecule has 5 rings (SSSR count). The van der Waals surface area contributed by atoms with Crippen molar-refractivity contribution in [3.8, 4) is 0 Å². The highest BCUT2D eigenvalue weighted by Gasteiger charge is 2.55. The van der Waals surface area contributed by atoms with Crippen molar-refractivity contribution in [1.29, 1.82) is 0 Å². The van der Waals surface area contributed by atoms with Gasteiger partial charge in [-0.3, -0.25) is 10.1 Å². The molecular weight excluding hydrogens is 442 g/mol. The van der Waals surface area contributed by atoms with Crippen molar-refractivity contribution in [2.45, 2.75) is 57.0 Å². The minimum absolute atomic E-state index is 0.0136. The predicted molar refractivity (Wildman–Crippen MR) is 140 cm³/mol. The van der Waals surface area contributed by atoms with Crippen molar-refractivity contribution in [3.63, 3.8) is 0 Å². The van der Waals surface area contributed by atoms with Gasteiger partial charge in [0.2, 0.25) is 5.91 Å². The molecule has 1 aromatic rings. The first-order chi connectivity index (χ1) is 16.6. The van der Waals surface area contributed by atoms with E-state index in [1.807, 2.05) is 18.8 Å². The largest absolute Gasteiger partial charge is 0.363 e. The Hall–Kier alpha value is -1.54. The van der Waals surface area contributed by atoms with E-state index in [2.05, 4.69) is 70.3 Å². The van der Waals surface area contributed by atoms with Crippen molar-refractivity contribution in [2.24, 2.45) is 17.3 Å². The van der Waals surface area contributed by atoms with E-state index in [1.54, 1.807) is 0 Å². The normalized spacial score (nSPS) is 33.5. The molecule has 1 unspecified atom stereocenters. The fourth-order valence-corrected chi connectivity index (χ4v) is 8.25. The van der Waals surface area contributed by atoms with Gasteiger partial charge < -0.3 is 20.9 Å². The average Bonchev–Trinajstić information content (AvgIpc) is 3.50. The number of rotatable bonds is 6. The van der Waals surface area contributed by atoms with Crippen molar-refractivity contribution in [2.75, 3.05) is 39.8 Å². The molecule has 34 heavy (non-hydrogen) atoms. The van der Waals surface area contributed by atoms with E-state index in [9.17, 15) is 4.79 Å². The zero-order chi connectivity index (χ0) is 23.7. The SMILES string of the molecule is CCC(CC)[C@@H]1C[C@H](c2ccccc2)CCN1C(=O)[C@@H]1CNC[C@]12CNCC1=C2SC(NC)N1.